The molecule has 0 unspecified atom stereocenters. The molecule has 2 rings (SSSR count). The van der Waals surface area contributed by atoms with Crippen molar-refractivity contribution in [1.29, 1.82) is 5.26 Å². The number of anilines is 1. The lowest BCUT2D eigenvalue weighted by Crippen LogP contribution is -2.31. The molecule has 0 fully saturated rings. The minimum atomic E-state index is 0.144. The molecule has 16 heavy (non-hydrogen) atoms. The Morgan fingerprint density at radius 1 is 1.50 bits per heavy atom. The molecule has 0 amide bonds. The van der Waals surface area contributed by atoms with Crippen LogP contribution in [0, 0.1) is 11.3 Å². The minimum absolute atomic E-state index is 0.144. The summed E-state index contributed by atoms with van der Waals surface area (Å²) in [6, 6.07) is 6.13. The van der Waals surface area contributed by atoms with Gasteiger partial charge >= 0.3 is 0 Å². The molecule has 0 spiro atoms. The summed E-state index contributed by atoms with van der Waals surface area (Å²) < 4.78 is 0. The number of hydrogen-bond donors (Lipinski definition) is 1. The lowest BCUT2D eigenvalue weighted by atomic mass is 10.2. The van der Waals surface area contributed by atoms with E-state index >= 15 is 0 Å². The van der Waals surface area contributed by atoms with Crippen molar-refractivity contribution in [2.75, 3.05) is 11.9 Å². The Labute approximate surface area is 95.0 Å². The van der Waals surface area contributed by atoms with Crippen molar-refractivity contribution in [3.05, 3.63) is 36.0 Å². The molecule has 2 atom stereocenters. The van der Waals surface area contributed by atoms with Crippen LogP contribution in [0.25, 0.3) is 0 Å². The Balaban J connectivity index is 2.12. The Bertz CT molecular complexity index is 429. The van der Waals surface area contributed by atoms with Gasteiger partial charge in [-0.3, -0.25) is 0 Å². The Morgan fingerprint density at radius 2 is 2.31 bits per heavy atom. The number of hydrogen-bond acceptors (Lipinski definition) is 4. The first-order chi connectivity index (χ1) is 7.70. The standard InChI is InChI=1S/C12H14N4/c1-16(11-4-3-10(14)6-11)12-5-2-9(7-13)8-15-12/h2-5,8,10-11H,6,14H2,1H3/t10-,11+/m1/s1. The molecule has 1 heterocycles. The first-order valence-corrected chi connectivity index (χ1v) is 5.23. The molecular weight excluding hydrogens is 200 g/mol. The van der Waals surface area contributed by atoms with E-state index in [0.717, 1.165) is 12.2 Å². The van der Waals surface area contributed by atoms with Crippen LogP contribution < -0.4 is 10.6 Å². The second-order valence-electron chi connectivity index (χ2n) is 3.98. The van der Waals surface area contributed by atoms with Gasteiger partial charge in [0.2, 0.25) is 0 Å². The zero-order valence-corrected chi connectivity index (χ0v) is 9.17. The summed E-state index contributed by atoms with van der Waals surface area (Å²) in [6.45, 7) is 0. The molecule has 1 aliphatic rings. The third kappa shape index (κ3) is 2.05. The van der Waals surface area contributed by atoms with Crippen LogP contribution in [0.3, 0.4) is 0 Å². The highest BCUT2D eigenvalue weighted by molar-refractivity contribution is 5.43. The van der Waals surface area contributed by atoms with E-state index in [0.29, 0.717) is 11.6 Å². The summed E-state index contributed by atoms with van der Waals surface area (Å²) in [4.78, 5) is 6.32. The van der Waals surface area contributed by atoms with Gasteiger partial charge in [0.1, 0.15) is 11.9 Å². The van der Waals surface area contributed by atoms with Crippen molar-refractivity contribution < 1.29 is 0 Å². The summed E-state index contributed by atoms with van der Waals surface area (Å²) in [5.41, 5.74) is 6.39. The number of pyridine rings is 1. The maximum atomic E-state index is 8.68. The van der Waals surface area contributed by atoms with Gasteiger partial charge in [-0.2, -0.15) is 5.26 Å². The van der Waals surface area contributed by atoms with Crippen molar-refractivity contribution in [3.63, 3.8) is 0 Å². The highest BCUT2D eigenvalue weighted by Gasteiger charge is 2.20. The topological polar surface area (TPSA) is 65.9 Å². The molecule has 0 aliphatic heterocycles. The first kappa shape index (κ1) is 10.7. The maximum Gasteiger partial charge on any atom is 0.128 e. The Kier molecular flexibility index (Phi) is 2.88. The second kappa shape index (κ2) is 4.33. The van der Waals surface area contributed by atoms with Crippen LogP contribution in [-0.4, -0.2) is 24.1 Å². The summed E-state index contributed by atoms with van der Waals surface area (Å²) >= 11 is 0. The van der Waals surface area contributed by atoms with Crippen LogP contribution in [0.4, 0.5) is 5.82 Å². The SMILES string of the molecule is CN(c1ccc(C#N)cn1)[C@H]1C=C[C@@H](N)C1. The highest BCUT2D eigenvalue weighted by Crippen LogP contribution is 2.19. The van der Waals surface area contributed by atoms with E-state index in [9.17, 15) is 0 Å². The smallest absolute Gasteiger partial charge is 0.128 e. The van der Waals surface area contributed by atoms with E-state index in [2.05, 4.69) is 22.0 Å². The fourth-order valence-corrected chi connectivity index (χ4v) is 1.82. The normalized spacial score (nSPS) is 23.1. The summed E-state index contributed by atoms with van der Waals surface area (Å²) in [5, 5.41) is 8.68. The van der Waals surface area contributed by atoms with Gasteiger partial charge in [0, 0.05) is 19.3 Å². The maximum absolute atomic E-state index is 8.68. The summed E-state index contributed by atoms with van der Waals surface area (Å²) in [6.07, 6.45) is 6.62. The fraction of sp³-hybridized carbons (Fsp3) is 0.333. The number of nitriles is 1. The van der Waals surface area contributed by atoms with E-state index in [4.69, 9.17) is 11.0 Å². The van der Waals surface area contributed by atoms with Gasteiger partial charge in [-0.25, -0.2) is 4.98 Å². The molecule has 1 aliphatic carbocycles. The van der Waals surface area contributed by atoms with Crippen LogP contribution in [0.1, 0.15) is 12.0 Å². The molecule has 82 valence electrons. The average molecular weight is 214 g/mol. The summed E-state index contributed by atoms with van der Waals surface area (Å²) in [5.74, 6) is 0.864. The van der Waals surface area contributed by atoms with E-state index in [1.165, 1.54) is 0 Å². The average Bonchev–Trinajstić information content (AvgIpc) is 2.75. The van der Waals surface area contributed by atoms with Crippen LogP contribution in [-0.2, 0) is 0 Å². The predicted octanol–water partition coefficient (Wildman–Crippen LogP) is 1.05. The van der Waals surface area contributed by atoms with Crippen LogP contribution in [0.15, 0.2) is 30.5 Å². The van der Waals surface area contributed by atoms with Gasteiger partial charge in [-0.1, -0.05) is 12.2 Å². The predicted molar refractivity (Wildman–Crippen MR) is 62.9 cm³/mol. The fourth-order valence-electron chi connectivity index (χ4n) is 1.82. The van der Waals surface area contributed by atoms with Crippen LogP contribution in [0.5, 0.6) is 0 Å². The quantitative estimate of drug-likeness (QED) is 0.747. The van der Waals surface area contributed by atoms with Crippen LogP contribution >= 0.6 is 0 Å². The highest BCUT2D eigenvalue weighted by atomic mass is 15.2. The molecular formula is C12H14N4. The zero-order chi connectivity index (χ0) is 11.5. The van der Waals surface area contributed by atoms with Gasteiger partial charge in [0.15, 0.2) is 0 Å². The molecule has 4 nitrogen and oxygen atoms in total. The second-order valence-corrected chi connectivity index (χ2v) is 3.98. The van der Waals surface area contributed by atoms with Crippen molar-refractivity contribution in [1.82, 2.24) is 4.98 Å². The van der Waals surface area contributed by atoms with Crippen LogP contribution in [0.2, 0.25) is 0 Å². The van der Waals surface area contributed by atoms with Gasteiger partial charge in [0.25, 0.3) is 0 Å². The third-order valence-corrected chi connectivity index (χ3v) is 2.83. The van der Waals surface area contributed by atoms with E-state index < -0.39 is 0 Å². The van der Waals surface area contributed by atoms with Crippen molar-refractivity contribution in [2.45, 2.75) is 18.5 Å². The van der Waals surface area contributed by atoms with Crippen molar-refractivity contribution in [2.24, 2.45) is 5.73 Å². The minimum Gasteiger partial charge on any atom is -0.353 e. The first-order valence-electron chi connectivity index (χ1n) is 5.23. The van der Waals surface area contributed by atoms with Gasteiger partial charge in [0.05, 0.1) is 11.6 Å². The monoisotopic (exact) mass is 214 g/mol. The molecule has 1 aromatic heterocycles. The van der Waals surface area contributed by atoms with Gasteiger partial charge in [-0.05, 0) is 18.6 Å². The Morgan fingerprint density at radius 3 is 2.81 bits per heavy atom. The molecule has 0 bridgehead atoms. The number of nitrogens with zero attached hydrogens (tertiary/aromatic N) is 3. The van der Waals surface area contributed by atoms with E-state index in [1.54, 1.807) is 12.3 Å². The third-order valence-electron chi connectivity index (χ3n) is 2.83. The lowest BCUT2D eigenvalue weighted by molar-refractivity contribution is 0.661. The molecule has 0 saturated carbocycles. The van der Waals surface area contributed by atoms with Gasteiger partial charge in [-0.15, -0.1) is 0 Å². The van der Waals surface area contributed by atoms with Gasteiger partial charge < -0.3 is 10.6 Å². The number of likely N-dealkylation sites (N-methyl/N-ethyl adjacent to an activating group) is 1. The molecule has 0 aromatic carbocycles. The number of rotatable bonds is 2. The van der Waals surface area contributed by atoms with E-state index in [1.807, 2.05) is 19.2 Å². The Hall–Kier alpha value is -1.86. The van der Waals surface area contributed by atoms with Crippen molar-refractivity contribution >= 4 is 5.82 Å². The largest absolute Gasteiger partial charge is 0.353 e. The molecule has 0 radical (unpaired) electrons. The molecule has 0 saturated heterocycles. The summed E-state index contributed by atoms with van der Waals surface area (Å²) in [7, 11) is 1.99. The van der Waals surface area contributed by atoms with Crippen molar-refractivity contribution in [3.8, 4) is 6.07 Å². The number of nitrogens with two attached hydrogens (primary N) is 1. The molecule has 2 N–H and O–H groups in total. The zero-order valence-electron chi connectivity index (χ0n) is 9.17. The number of aromatic nitrogens is 1. The lowest BCUT2D eigenvalue weighted by Gasteiger charge is -2.24. The molecule has 1 aromatic rings. The van der Waals surface area contributed by atoms with E-state index in [-0.39, 0.29) is 6.04 Å². The molecule has 4 heteroatoms.